The molecule has 0 spiro atoms. The molecule has 2 fully saturated rings. The molecule has 2 aliphatic heterocycles. The standard InChI is InChI=1S/C24H22F6N4O3/c25-15-7-13(8-16(26)21(15)37-24(28,29)30)23(35)34-4-1-12(2-5-34)20-14-9-18(19-11-31-3-6-36-19)33-22(14)32-10-17(20)27/h7-10,12,19,31H,1-6,11H2,(H,32,33). The summed E-state index contributed by atoms with van der Waals surface area (Å²) in [6, 6.07) is 2.84. The Kier molecular flexibility index (Phi) is 6.75. The number of hydrogen-bond acceptors (Lipinski definition) is 5. The second-order valence-corrected chi connectivity index (χ2v) is 8.95. The van der Waals surface area contributed by atoms with Crippen LogP contribution in [0.4, 0.5) is 26.3 Å². The Labute approximate surface area is 206 Å². The monoisotopic (exact) mass is 528 g/mol. The van der Waals surface area contributed by atoms with E-state index >= 15 is 0 Å². The van der Waals surface area contributed by atoms with Crippen molar-refractivity contribution in [3.63, 3.8) is 0 Å². The van der Waals surface area contributed by atoms with Crippen molar-refractivity contribution in [1.82, 2.24) is 20.2 Å². The van der Waals surface area contributed by atoms with E-state index in [1.807, 2.05) is 6.07 Å². The fourth-order valence-electron chi connectivity index (χ4n) is 4.89. The molecule has 0 aliphatic carbocycles. The molecule has 1 unspecified atom stereocenters. The van der Waals surface area contributed by atoms with Crippen LogP contribution in [0.15, 0.2) is 24.4 Å². The van der Waals surface area contributed by atoms with Gasteiger partial charge in [-0.2, -0.15) is 0 Å². The molecule has 2 aromatic heterocycles. The number of piperidine rings is 1. The lowest BCUT2D eigenvalue weighted by Crippen LogP contribution is -2.38. The molecule has 0 bridgehead atoms. The lowest BCUT2D eigenvalue weighted by atomic mass is 9.87. The third kappa shape index (κ3) is 5.23. The molecular weight excluding hydrogens is 506 g/mol. The molecule has 1 atom stereocenters. The van der Waals surface area contributed by atoms with E-state index in [2.05, 4.69) is 20.0 Å². The smallest absolute Gasteiger partial charge is 0.399 e. The number of H-pyrrole nitrogens is 1. The van der Waals surface area contributed by atoms with Crippen LogP contribution in [-0.2, 0) is 4.74 Å². The Balaban J connectivity index is 1.32. The van der Waals surface area contributed by atoms with Crippen LogP contribution in [0.3, 0.4) is 0 Å². The van der Waals surface area contributed by atoms with Gasteiger partial charge >= 0.3 is 6.36 Å². The molecule has 1 aromatic carbocycles. The summed E-state index contributed by atoms with van der Waals surface area (Å²) in [5, 5.41) is 3.86. The molecule has 2 N–H and O–H groups in total. The summed E-state index contributed by atoms with van der Waals surface area (Å²) in [5.74, 6) is -6.38. The molecule has 198 valence electrons. The van der Waals surface area contributed by atoms with Crippen molar-refractivity contribution in [2.45, 2.75) is 31.2 Å². The van der Waals surface area contributed by atoms with Crippen molar-refractivity contribution < 1.29 is 40.6 Å². The van der Waals surface area contributed by atoms with Crippen molar-refractivity contribution in [1.29, 1.82) is 0 Å². The van der Waals surface area contributed by atoms with Gasteiger partial charge in [-0.3, -0.25) is 4.79 Å². The number of hydrogen-bond donors (Lipinski definition) is 2. The average Bonchev–Trinajstić information content (AvgIpc) is 3.30. The highest BCUT2D eigenvalue weighted by molar-refractivity contribution is 5.94. The number of pyridine rings is 1. The van der Waals surface area contributed by atoms with E-state index in [9.17, 15) is 31.1 Å². The van der Waals surface area contributed by atoms with Crippen molar-refractivity contribution in [2.24, 2.45) is 0 Å². The Morgan fingerprint density at radius 1 is 1.08 bits per heavy atom. The SMILES string of the molecule is O=C(c1cc(F)c(OC(F)(F)F)c(F)c1)N1CCC(c2c(F)cnc3[nH]c(C4CNCCO4)cc23)CC1. The van der Waals surface area contributed by atoms with Gasteiger partial charge in [0.25, 0.3) is 5.91 Å². The number of ether oxygens (including phenoxy) is 2. The predicted octanol–water partition coefficient (Wildman–Crippen LogP) is 4.56. The number of carbonyl (C=O) groups is 1. The molecule has 5 rings (SSSR count). The van der Waals surface area contributed by atoms with E-state index in [0.29, 0.717) is 54.7 Å². The normalized spacial score (nSPS) is 19.4. The molecule has 1 amide bonds. The zero-order chi connectivity index (χ0) is 26.3. The van der Waals surface area contributed by atoms with Crippen LogP contribution in [0.1, 0.15) is 46.5 Å². The van der Waals surface area contributed by atoms with Crippen molar-refractivity contribution in [3.05, 3.63) is 58.7 Å². The summed E-state index contributed by atoms with van der Waals surface area (Å²) < 4.78 is 89.4. The number of alkyl halides is 3. The van der Waals surface area contributed by atoms with E-state index in [1.54, 1.807) is 0 Å². The maximum absolute atomic E-state index is 14.9. The van der Waals surface area contributed by atoms with Crippen LogP contribution < -0.4 is 10.1 Å². The molecule has 13 heteroatoms. The molecule has 0 saturated carbocycles. The molecule has 2 aliphatic rings. The second-order valence-electron chi connectivity index (χ2n) is 8.95. The highest BCUT2D eigenvalue weighted by atomic mass is 19.4. The van der Waals surface area contributed by atoms with E-state index in [-0.39, 0.29) is 25.1 Å². The number of carbonyl (C=O) groups excluding carboxylic acids is 1. The summed E-state index contributed by atoms with van der Waals surface area (Å²) in [6.07, 6.45) is -3.63. The van der Waals surface area contributed by atoms with E-state index < -0.39 is 41.0 Å². The molecule has 3 aromatic rings. The summed E-state index contributed by atoms with van der Waals surface area (Å²) >= 11 is 0. The minimum atomic E-state index is -5.29. The van der Waals surface area contributed by atoms with Crippen molar-refractivity contribution in [2.75, 3.05) is 32.8 Å². The third-order valence-electron chi connectivity index (χ3n) is 6.60. The van der Waals surface area contributed by atoms with Gasteiger partial charge in [-0.05, 0) is 37.0 Å². The summed E-state index contributed by atoms with van der Waals surface area (Å²) in [5.41, 5.74) is 1.31. The zero-order valence-electron chi connectivity index (χ0n) is 19.3. The highest BCUT2D eigenvalue weighted by Gasteiger charge is 2.35. The highest BCUT2D eigenvalue weighted by Crippen LogP contribution is 2.37. The third-order valence-corrected chi connectivity index (χ3v) is 6.60. The minimum Gasteiger partial charge on any atom is -0.399 e. The molecule has 4 heterocycles. The van der Waals surface area contributed by atoms with Crippen LogP contribution in [-0.4, -0.2) is 59.9 Å². The number of morpholine rings is 1. The van der Waals surface area contributed by atoms with Crippen LogP contribution >= 0.6 is 0 Å². The number of nitrogens with zero attached hydrogens (tertiary/aromatic N) is 2. The summed E-state index contributed by atoms with van der Waals surface area (Å²) in [7, 11) is 0. The van der Waals surface area contributed by atoms with E-state index in [0.717, 1.165) is 18.4 Å². The second kappa shape index (κ2) is 9.86. The number of aromatic nitrogens is 2. The lowest BCUT2D eigenvalue weighted by Gasteiger charge is -2.32. The number of aromatic amines is 1. The number of benzene rings is 1. The molecule has 37 heavy (non-hydrogen) atoms. The molecule has 2 saturated heterocycles. The average molecular weight is 528 g/mol. The summed E-state index contributed by atoms with van der Waals surface area (Å²) in [4.78, 5) is 21.5. The maximum Gasteiger partial charge on any atom is 0.573 e. The van der Waals surface area contributed by atoms with Gasteiger partial charge in [0, 0.05) is 48.4 Å². The first-order valence-corrected chi connectivity index (χ1v) is 11.6. The number of fused-ring (bicyclic) bond motifs is 1. The Bertz CT molecular complexity index is 1290. The van der Waals surface area contributed by atoms with Gasteiger partial charge in [-0.25, -0.2) is 18.2 Å². The number of amides is 1. The lowest BCUT2D eigenvalue weighted by molar-refractivity contribution is -0.276. The first-order chi connectivity index (χ1) is 17.6. The molecule has 7 nitrogen and oxygen atoms in total. The quantitative estimate of drug-likeness (QED) is 0.486. The number of nitrogens with one attached hydrogen (secondary N) is 2. The zero-order valence-corrected chi connectivity index (χ0v) is 19.3. The van der Waals surface area contributed by atoms with Gasteiger partial charge in [0.05, 0.1) is 12.8 Å². The Morgan fingerprint density at radius 2 is 1.78 bits per heavy atom. The Hall–Kier alpha value is -3.32. The van der Waals surface area contributed by atoms with Crippen LogP contribution in [0, 0.1) is 17.5 Å². The van der Waals surface area contributed by atoms with Gasteiger partial charge in [0.15, 0.2) is 11.6 Å². The van der Waals surface area contributed by atoms with Crippen molar-refractivity contribution >= 4 is 16.9 Å². The van der Waals surface area contributed by atoms with Gasteiger partial charge < -0.3 is 24.7 Å². The summed E-state index contributed by atoms with van der Waals surface area (Å²) in [6.45, 7) is 2.22. The first kappa shape index (κ1) is 25.3. The number of rotatable bonds is 4. The number of halogens is 6. The predicted molar refractivity (Wildman–Crippen MR) is 119 cm³/mol. The van der Waals surface area contributed by atoms with Crippen LogP contribution in [0.25, 0.3) is 11.0 Å². The van der Waals surface area contributed by atoms with Crippen LogP contribution in [0.5, 0.6) is 5.75 Å². The largest absolute Gasteiger partial charge is 0.573 e. The molecule has 0 radical (unpaired) electrons. The van der Waals surface area contributed by atoms with E-state index in [4.69, 9.17) is 4.74 Å². The fourth-order valence-corrected chi connectivity index (χ4v) is 4.89. The molecular formula is C24H22F6N4O3. The van der Waals surface area contributed by atoms with Gasteiger partial charge in [0.2, 0.25) is 5.75 Å². The number of likely N-dealkylation sites (tertiary alicyclic amines) is 1. The van der Waals surface area contributed by atoms with Gasteiger partial charge in [0.1, 0.15) is 17.6 Å². The van der Waals surface area contributed by atoms with E-state index in [1.165, 1.54) is 4.90 Å². The topological polar surface area (TPSA) is 79.5 Å². The Morgan fingerprint density at radius 3 is 2.41 bits per heavy atom. The van der Waals surface area contributed by atoms with Crippen LogP contribution in [0.2, 0.25) is 0 Å². The fraction of sp³-hybridized carbons (Fsp3) is 0.417. The van der Waals surface area contributed by atoms with Crippen molar-refractivity contribution in [3.8, 4) is 5.75 Å². The van der Waals surface area contributed by atoms with Gasteiger partial charge in [-0.15, -0.1) is 13.2 Å². The minimum absolute atomic E-state index is 0.156. The maximum atomic E-state index is 14.9. The van der Waals surface area contributed by atoms with Gasteiger partial charge in [-0.1, -0.05) is 0 Å². The first-order valence-electron chi connectivity index (χ1n) is 11.6.